The van der Waals surface area contributed by atoms with Crippen LogP contribution < -0.4 is 4.74 Å². The van der Waals surface area contributed by atoms with Crippen LogP contribution >= 0.6 is 0 Å². The number of aliphatic hydroxyl groups excluding tert-OH is 1. The maximum Gasteiger partial charge on any atom is 0.219 e. The molecule has 0 fully saturated rings. The average molecular weight is 268 g/mol. The van der Waals surface area contributed by atoms with Gasteiger partial charge < -0.3 is 9.84 Å². The van der Waals surface area contributed by atoms with Crippen LogP contribution in [0.1, 0.15) is 22.8 Å². The summed E-state index contributed by atoms with van der Waals surface area (Å²) < 4.78 is 5.26. The summed E-state index contributed by atoms with van der Waals surface area (Å²) in [7, 11) is 0. The molecule has 1 N–H and O–H groups in total. The van der Waals surface area contributed by atoms with Crippen molar-refractivity contribution < 1.29 is 14.6 Å². The Morgan fingerprint density at radius 3 is 2.15 bits per heavy atom. The number of ketones is 1. The number of hydrogen-bond acceptors (Lipinski definition) is 3. The topological polar surface area (TPSA) is 46.5 Å². The van der Waals surface area contributed by atoms with Crippen molar-refractivity contribution >= 4 is 5.78 Å². The number of carbonyl (C=O) groups is 1. The molecule has 0 aliphatic carbocycles. The molecule has 102 valence electrons. The molecule has 1 atom stereocenters. The van der Waals surface area contributed by atoms with E-state index >= 15 is 0 Å². The molecule has 0 spiro atoms. The fraction of sp³-hybridized carbons (Fsp3) is 0.118. The van der Waals surface area contributed by atoms with Gasteiger partial charge in [0.05, 0.1) is 0 Å². The van der Waals surface area contributed by atoms with E-state index in [-0.39, 0.29) is 5.78 Å². The van der Waals surface area contributed by atoms with Gasteiger partial charge >= 0.3 is 0 Å². The smallest absolute Gasteiger partial charge is 0.219 e. The van der Waals surface area contributed by atoms with Crippen molar-refractivity contribution in [2.75, 3.05) is 0 Å². The fourth-order valence-corrected chi connectivity index (χ4v) is 1.67. The lowest BCUT2D eigenvalue weighted by Gasteiger charge is -2.13. The van der Waals surface area contributed by atoms with E-state index in [1.165, 1.54) is 0 Å². The van der Waals surface area contributed by atoms with Crippen LogP contribution in [0.5, 0.6) is 5.75 Å². The molecule has 0 aliphatic rings. The zero-order valence-electron chi connectivity index (χ0n) is 11.2. The van der Waals surface area contributed by atoms with Crippen LogP contribution in [0.15, 0.2) is 66.7 Å². The lowest BCUT2D eigenvalue weighted by Crippen LogP contribution is -2.16. The zero-order valence-corrected chi connectivity index (χ0v) is 11.2. The Hall–Kier alpha value is -2.39. The second-order valence-electron chi connectivity index (χ2n) is 4.54. The molecule has 0 bridgehead atoms. The molecule has 0 saturated carbocycles. The predicted octanol–water partition coefficient (Wildman–Crippen LogP) is 3.19. The molecule has 3 heteroatoms. The summed E-state index contributed by atoms with van der Waals surface area (Å²) in [6, 6.07) is 15.7. The SMILES string of the molecule is C=C(C)C(O)Oc1ccc(C(=O)c2ccccc2)cc1. The van der Waals surface area contributed by atoms with Crippen molar-refractivity contribution in [3.63, 3.8) is 0 Å². The molecule has 3 nitrogen and oxygen atoms in total. The van der Waals surface area contributed by atoms with E-state index in [1.807, 2.05) is 18.2 Å². The highest BCUT2D eigenvalue weighted by molar-refractivity contribution is 6.08. The molecular formula is C17H16O3. The Balaban J connectivity index is 2.12. The summed E-state index contributed by atoms with van der Waals surface area (Å²) in [5.74, 6) is 0.447. The summed E-state index contributed by atoms with van der Waals surface area (Å²) in [5, 5.41) is 9.55. The standard InChI is InChI=1S/C17H16O3/c1-12(2)17(19)20-15-10-8-14(9-11-15)16(18)13-6-4-3-5-7-13/h3-11,17,19H,1H2,2H3. The molecule has 2 rings (SSSR count). The molecule has 2 aromatic carbocycles. The van der Waals surface area contributed by atoms with Crippen molar-refractivity contribution in [3.05, 3.63) is 77.9 Å². The third-order valence-corrected chi connectivity index (χ3v) is 2.82. The van der Waals surface area contributed by atoms with Gasteiger partial charge in [-0.3, -0.25) is 4.79 Å². The Kier molecular flexibility index (Phi) is 4.33. The van der Waals surface area contributed by atoms with Crippen LogP contribution in [0.25, 0.3) is 0 Å². The summed E-state index contributed by atoms with van der Waals surface area (Å²) in [4.78, 5) is 12.2. The molecule has 0 amide bonds. The van der Waals surface area contributed by atoms with Gasteiger partial charge in [0.15, 0.2) is 5.78 Å². The monoisotopic (exact) mass is 268 g/mol. The van der Waals surface area contributed by atoms with Gasteiger partial charge in [-0.1, -0.05) is 36.9 Å². The first-order valence-electron chi connectivity index (χ1n) is 6.28. The van der Waals surface area contributed by atoms with E-state index in [0.717, 1.165) is 0 Å². The number of rotatable bonds is 5. The van der Waals surface area contributed by atoms with Gasteiger partial charge in [-0.05, 0) is 36.8 Å². The fourth-order valence-electron chi connectivity index (χ4n) is 1.67. The van der Waals surface area contributed by atoms with Crippen LogP contribution in [0.2, 0.25) is 0 Å². The number of carbonyl (C=O) groups excluding carboxylic acids is 1. The highest BCUT2D eigenvalue weighted by Gasteiger charge is 2.10. The molecule has 2 aromatic rings. The van der Waals surface area contributed by atoms with E-state index in [1.54, 1.807) is 43.3 Å². The van der Waals surface area contributed by atoms with Crippen LogP contribution in [0.4, 0.5) is 0 Å². The first kappa shape index (κ1) is 14.0. The number of ether oxygens (including phenoxy) is 1. The molecule has 0 heterocycles. The number of benzene rings is 2. The second kappa shape index (κ2) is 6.17. The Morgan fingerprint density at radius 1 is 1.05 bits per heavy atom. The van der Waals surface area contributed by atoms with Gasteiger partial charge in [0.25, 0.3) is 0 Å². The third-order valence-electron chi connectivity index (χ3n) is 2.82. The zero-order chi connectivity index (χ0) is 14.5. The highest BCUT2D eigenvalue weighted by Crippen LogP contribution is 2.17. The maximum absolute atomic E-state index is 12.2. The quantitative estimate of drug-likeness (QED) is 0.514. The molecule has 0 saturated heterocycles. The van der Waals surface area contributed by atoms with E-state index in [9.17, 15) is 9.90 Å². The number of hydrogen-bond donors (Lipinski definition) is 1. The minimum atomic E-state index is -1.04. The molecule has 0 radical (unpaired) electrons. The Bertz CT molecular complexity index is 600. The van der Waals surface area contributed by atoms with Crippen molar-refractivity contribution in [1.82, 2.24) is 0 Å². The lowest BCUT2D eigenvalue weighted by molar-refractivity contribution is 0.0151. The van der Waals surface area contributed by atoms with Gasteiger partial charge in [-0.25, -0.2) is 0 Å². The Labute approximate surface area is 118 Å². The molecule has 1 unspecified atom stereocenters. The van der Waals surface area contributed by atoms with E-state index < -0.39 is 6.29 Å². The lowest BCUT2D eigenvalue weighted by atomic mass is 10.0. The van der Waals surface area contributed by atoms with E-state index in [0.29, 0.717) is 22.4 Å². The van der Waals surface area contributed by atoms with Crippen molar-refractivity contribution in [2.45, 2.75) is 13.2 Å². The van der Waals surface area contributed by atoms with Crippen LogP contribution in [-0.2, 0) is 0 Å². The molecular weight excluding hydrogens is 252 g/mol. The van der Waals surface area contributed by atoms with Crippen molar-refractivity contribution in [1.29, 1.82) is 0 Å². The van der Waals surface area contributed by atoms with Crippen LogP contribution in [-0.4, -0.2) is 17.2 Å². The van der Waals surface area contributed by atoms with E-state index in [2.05, 4.69) is 6.58 Å². The normalized spacial score (nSPS) is 11.7. The minimum Gasteiger partial charge on any atom is -0.461 e. The van der Waals surface area contributed by atoms with Crippen molar-refractivity contribution in [2.24, 2.45) is 0 Å². The van der Waals surface area contributed by atoms with Gasteiger partial charge in [0.2, 0.25) is 6.29 Å². The first-order chi connectivity index (χ1) is 9.58. The van der Waals surface area contributed by atoms with Gasteiger partial charge in [0.1, 0.15) is 5.75 Å². The Morgan fingerprint density at radius 2 is 1.60 bits per heavy atom. The molecule has 0 aromatic heterocycles. The molecule has 20 heavy (non-hydrogen) atoms. The predicted molar refractivity (Wildman–Crippen MR) is 77.8 cm³/mol. The van der Waals surface area contributed by atoms with Gasteiger partial charge in [-0.2, -0.15) is 0 Å². The summed E-state index contributed by atoms with van der Waals surface area (Å²) in [6.07, 6.45) is -1.04. The minimum absolute atomic E-state index is 0.0439. The first-order valence-corrected chi connectivity index (χ1v) is 6.28. The van der Waals surface area contributed by atoms with Gasteiger partial charge in [0, 0.05) is 11.1 Å². The molecule has 0 aliphatic heterocycles. The van der Waals surface area contributed by atoms with Crippen LogP contribution in [0.3, 0.4) is 0 Å². The average Bonchev–Trinajstić information content (AvgIpc) is 2.48. The highest BCUT2D eigenvalue weighted by atomic mass is 16.6. The maximum atomic E-state index is 12.2. The second-order valence-corrected chi connectivity index (χ2v) is 4.54. The summed E-state index contributed by atoms with van der Waals surface area (Å²) >= 11 is 0. The number of aliphatic hydroxyl groups is 1. The van der Waals surface area contributed by atoms with E-state index in [4.69, 9.17) is 4.74 Å². The van der Waals surface area contributed by atoms with Gasteiger partial charge in [-0.15, -0.1) is 0 Å². The largest absolute Gasteiger partial charge is 0.461 e. The third kappa shape index (κ3) is 3.33. The van der Waals surface area contributed by atoms with Crippen molar-refractivity contribution in [3.8, 4) is 5.75 Å². The summed E-state index contributed by atoms with van der Waals surface area (Å²) in [6.45, 7) is 5.29. The van der Waals surface area contributed by atoms with Crippen LogP contribution in [0, 0.1) is 0 Å². The summed E-state index contributed by atoms with van der Waals surface area (Å²) in [5.41, 5.74) is 1.74.